The van der Waals surface area contributed by atoms with Crippen LogP contribution in [0.2, 0.25) is 10.0 Å². The molecule has 0 aliphatic carbocycles. The van der Waals surface area contributed by atoms with Crippen molar-refractivity contribution < 1.29 is 19.0 Å². The minimum atomic E-state index is -0.767. The highest BCUT2D eigenvalue weighted by molar-refractivity contribution is 6.33. The predicted molar refractivity (Wildman–Crippen MR) is 92.0 cm³/mol. The minimum absolute atomic E-state index is 0.00490. The topological polar surface area (TPSA) is 108 Å². The van der Waals surface area contributed by atoms with Crippen LogP contribution in [0.1, 0.15) is 16.2 Å². The molecule has 0 amide bonds. The average molecular weight is 394 g/mol. The van der Waals surface area contributed by atoms with Crippen molar-refractivity contribution in [1.82, 2.24) is 10.1 Å². The quantitative estimate of drug-likeness (QED) is 0.360. The van der Waals surface area contributed by atoms with Crippen LogP contribution in [0.5, 0.6) is 0 Å². The maximum absolute atomic E-state index is 12.1. The monoisotopic (exact) mass is 393 g/mol. The summed E-state index contributed by atoms with van der Waals surface area (Å²) >= 11 is 11.7. The van der Waals surface area contributed by atoms with E-state index in [0.29, 0.717) is 16.4 Å². The molecule has 0 radical (unpaired) electrons. The molecule has 0 aliphatic heterocycles. The molecule has 0 atom stereocenters. The molecule has 0 bridgehead atoms. The van der Waals surface area contributed by atoms with Gasteiger partial charge in [-0.25, -0.2) is 4.79 Å². The highest BCUT2D eigenvalue weighted by Crippen LogP contribution is 2.24. The molecule has 3 aromatic rings. The van der Waals surface area contributed by atoms with Gasteiger partial charge in [-0.05, 0) is 30.3 Å². The maximum Gasteiger partial charge on any atom is 0.340 e. The van der Waals surface area contributed by atoms with E-state index in [-0.39, 0.29) is 28.8 Å². The Bertz CT molecular complexity index is 972. The molecule has 0 aliphatic rings. The summed E-state index contributed by atoms with van der Waals surface area (Å²) in [7, 11) is 0. The third-order valence-electron chi connectivity index (χ3n) is 3.28. The number of hydrogen-bond acceptors (Lipinski definition) is 7. The zero-order valence-corrected chi connectivity index (χ0v) is 14.4. The number of halogens is 2. The van der Waals surface area contributed by atoms with Crippen LogP contribution in [-0.4, -0.2) is 21.0 Å². The zero-order valence-electron chi connectivity index (χ0n) is 12.9. The Kier molecular flexibility index (Phi) is 5.15. The van der Waals surface area contributed by atoms with Crippen LogP contribution < -0.4 is 0 Å². The number of benzene rings is 2. The molecule has 0 fully saturated rings. The van der Waals surface area contributed by atoms with Crippen LogP contribution in [0.4, 0.5) is 5.69 Å². The van der Waals surface area contributed by atoms with E-state index in [9.17, 15) is 14.9 Å². The van der Waals surface area contributed by atoms with Gasteiger partial charge in [-0.2, -0.15) is 4.98 Å². The van der Waals surface area contributed by atoms with E-state index >= 15 is 0 Å². The second-order valence-corrected chi connectivity index (χ2v) is 5.86. The molecule has 0 saturated carbocycles. The lowest BCUT2D eigenvalue weighted by atomic mass is 10.2. The van der Waals surface area contributed by atoms with Crippen LogP contribution in [-0.2, 0) is 11.3 Å². The Balaban J connectivity index is 1.67. The van der Waals surface area contributed by atoms with Crippen molar-refractivity contribution in [3.8, 4) is 11.4 Å². The summed E-state index contributed by atoms with van der Waals surface area (Å²) in [4.78, 5) is 26.2. The second-order valence-electron chi connectivity index (χ2n) is 5.02. The molecule has 1 aromatic heterocycles. The van der Waals surface area contributed by atoms with E-state index < -0.39 is 10.9 Å². The first-order valence-electron chi connectivity index (χ1n) is 7.13. The van der Waals surface area contributed by atoms with Crippen molar-refractivity contribution in [3.63, 3.8) is 0 Å². The van der Waals surface area contributed by atoms with Crippen LogP contribution in [0.25, 0.3) is 11.4 Å². The van der Waals surface area contributed by atoms with Crippen molar-refractivity contribution in [3.05, 3.63) is 74.1 Å². The van der Waals surface area contributed by atoms with Gasteiger partial charge in [-0.1, -0.05) is 28.4 Å². The fourth-order valence-corrected chi connectivity index (χ4v) is 2.40. The maximum atomic E-state index is 12.1. The zero-order chi connectivity index (χ0) is 18.7. The van der Waals surface area contributed by atoms with Crippen molar-refractivity contribution >= 4 is 34.9 Å². The Morgan fingerprint density at radius 2 is 1.92 bits per heavy atom. The van der Waals surface area contributed by atoms with Crippen molar-refractivity contribution in [2.75, 3.05) is 0 Å². The first kappa shape index (κ1) is 17.8. The number of ether oxygens (including phenoxy) is 1. The van der Waals surface area contributed by atoms with Gasteiger partial charge in [0.2, 0.25) is 5.82 Å². The van der Waals surface area contributed by atoms with Gasteiger partial charge in [0.25, 0.3) is 11.6 Å². The Hall–Kier alpha value is -2.97. The first-order chi connectivity index (χ1) is 12.4. The van der Waals surface area contributed by atoms with E-state index in [1.165, 1.54) is 6.07 Å². The molecular weight excluding hydrogens is 385 g/mol. The molecule has 0 saturated heterocycles. The highest BCUT2D eigenvalue weighted by atomic mass is 35.5. The van der Waals surface area contributed by atoms with E-state index in [2.05, 4.69) is 10.1 Å². The SMILES string of the molecule is O=C(OCc1nc(-c2ccc(Cl)cc2)no1)c1ccc([N+](=O)[O-])cc1Cl. The number of carbonyl (C=O) groups is 1. The number of non-ortho nitro benzene ring substituents is 1. The van der Waals surface area contributed by atoms with Gasteiger partial charge in [0.05, 0.1) is 15.5 Å². The molecular formula is C16H9Cl2N3O5. The summed E-state index contributed by atoms with van der Waals surface area (Å²) in [5.41, 5.74) is 0.458. The summed E-state index contributed by atoms with van der Waals surface area (Å²) in [5, 5.41) is 15.0. The molecule has 8 nitrogen and oxygen atoms in total. The number of nitro benzene ring substituents is 1. The summed E-state index contributed by atoms with van der Waals surface area (Å²) in [6.45, 7) is -0.271. The Labute approximate surface area is 156 Å². The van der Waals surface area contributed by atoms with Crippen LogP contribution in [0.15, 0.2) is 47.0 Å². The average Bonchev–Trinajstić information content (AvgIpc) is 3.09. The smallest absolute Gasteiger partial charge is 0.340 e. The summed E-state index contributed by atoms with van der Waals surface area (Å²) < 4.78 is 10.1. The van der Waals surface area contributed by atoms with Crippen molar-refractivity contribution in [2.24, 2.45) is 0 Å². The Morgan fingerprint density at radius 3 is 2.58 bits per heavy atom. The van der Waals surface area contributed by atoms with E-state index in [1.807, 2.05) is 0 Å². The highest BCUT2D eigenvalue weighted by Gasteiger charge is 2.17. The number of hydrogen-bond donors (Lipinski definition) is 0. The second kappa shape index (κ2) is 7.51. The summed E-state index contributed by atoms with van der Waals surface area (Å²) in [5.74, 6) is -0.362. The van der Waals surface area contributed by atoms with Gasteiger partial charge in [0, 0.05) is 22.7 Å². The van der Waals surface area contributed by atoms with Gasteiger partial charge < -0.3 is 9.26 Å². The molecule has 132 valence electrons. The normalized spacial score (nSPS) is 10.5. The summed E-state index contributed by atoms with van der Waals surface area (Å²) in [6.07, 6.45) is 0. The first-order valence-corrected chi connectivity index (χ1v) is 7.89. The number of carbonyl (C=O) groups excluding carboxylic acids is 1. The Morgan fingerprint density at radius 1 is 1.19 bits per heavy atom. The third-order valence-corrected chi connectivity index (χ3v) is 3.85. The van der Waals surface area contributed by atoms with Gasteiger partial charge in [-0.3, -0.25) is 10.1 Å². The van der Waals surface area contributed by atoms with Gasteiger partial charge in [-0.15, -0.1) is 0 Å². The molecule has 10 heteroatoms. The number of nitrogens with zero attached hydrogens (tertiary/aromatic N) is 3. The standard InChI is InChI=1S/C16H9Cl2N3O5/c17-10-3-1-9(2-4-10)15-19-14(26-20-15)8-25-16(22)12-6-5-11(21(23)24)7-13(12)18/h1-7H,8H2. The molecule has 1 heterocycles. The van der Waals surface area contributed by atoms with E-state index in [1.54, 1.807) is 24.3 Å². The lowest BCUT2D eigenvalue weighted by Gasteiger charge is -2.03. The van der Waals surface area contributed by atoms with Gasteiger partial charge >= 0.3 is 5.97 Å². The van der Waals surface area contributed by atoms with Crippen LogP contribution in [0.3, 0.4) is 0 Å². The molecule has 0 unspecified atom stereocenters. The fraction of sp³-hybridized carbons (Fsp3) is 0.0625. The van der Waals surface area contributed by atoms with Gasteiger partial charge in [0.15, 0.2) is 6.61 Å². The van der Waals surface area contributed by atoms with Crippen LogP contribution >= 0.6 is 23.2 Å². The van der Waals surface area contributed by atoms with E-state index in [4.69, 9.17) is 32.5 Å². The van der Waals surface area contributed by atoms with Crippen LogP contribution in [0, 0.1) is 10.1 Å². The van der Waals surface area contributed by atoms with E-state index in [0.717, 1.165) is 12.1 Å². The van der Waals surface area contributed by atoms with Crippen molar-refractivity contribution in [2.45, 2.75) is 6.61 Å². The molecule has 2 aromatic carbocycles. The molecule has 0 spiro atoms. The van der Waals surface area contributed by atoms with Gasteiger partial charge in [0.1, 0.15) is 0 Å². The molecule has 26 heavy (non-hydrogen) atoms. The number of rotatable bonds is 5. The number of aromatic nitrogens is 2. The largest absolute Gasteiger partial charge is 0.452 e. The predicted octanol–water partition coefficient (Wildman–Crippen LogP) is 4.31. The summed E-state index contributed by atoms with van der Waals surface area (Å²) in [6, 6.07) is 10.3. The lowest BCUT2D eigenvalue weighted by Crippen LogP contribution is -2.06. The third kappa shape index (κ3) is 3.98. The van der Waals surface area contributed by atoms with Crippen molar-refractivity contribution in [1.29, 1.82) is 0 Å². The number of nitro groups is 1. The lowest BCUT2D eigenvalue weighted by molar-refractivity contribution is -0.384. The minimum Gasteiger partial charge on any atom is -0.452 e. The fourth-order valence-electron chi connectivity index (χ4n) is 2.02. The molecule has 0 N–H and O–H groups in total. The molecule has 3 rings (SSSR count). The number of esters is 1.